The van der Waals surface area contributed by atoms with Gasteiger partial charge in [0.05, 0.1) is 4.90 Å². The molecule has 1 saturated carbocycles. The molecule has 0 radical (unpaired) electrons. The Balaban J connectivity index is 1.48. The Morgan fingerprint density at radius 3 is 2.62 bits per heavy atom. The highest BCUT2D eigenvalue weighted by Crippen LogP contribution is 2.30. The van der Waals surface area contributed by atoms with Gasteiger partial charge in [0, 0.05) is 31.7 Å². The number of piperidine rings is 1. The van der Waals surface area contributed by atoms with Gasteiger partial charge in [0.25, 0.3) is 5.56 Å². The molecule has 1 N–H and O–H groups in total. The van der Waals surface area contributed by atoms with Gasteiger partial charge in [-0.05, 0) is 55.9 Å². The Kier molecular flexibility index (Phi) is 5.39. The van der Waals surface area contributed by atoms with Crippen molar-refractivity contribution in [3.63, 3.8) is 0 Å². The van der Waals surface area contributed by atoms with E-state index in [4.69, 9.17) is 0 Å². The van der Waals surface area contributed by atoms with Crippen molar-refractivity contribution >= 4 is 15.8 Å². The van der Waals surface area contributed by atoms with Crippen LogP contribution in [-0.2, 0) is 16.6 Å². The molecule has 2 fully saturated rings. The summed E-state index contributed by atoms with van der Waals surface area (Å²) in [7, 11) is -3.99. The van der Waals surface area contributed by atoms with Crippen molar-refractivity contribution in [3.05, 3.63) is 52.3 Å². The molecule has 10 heteroatoms. The molecule has 156 valence electrons. The maximum absolute atomic E-state index is 13.4. The summed E-state index contributed by atoms with van der Waals surface area (Å²) in [6, 6.07) is 5.24. The molecule has 1 aliphatic heterocycles. The van der Waals surface area contributed by atoms with E-state index in [0.29, 0.717) is 43.9 Å². The van der Waals surface area contributed by atoms with Gasteiger partial charge in [-0.15, -0.1) is 0 Å². The van der Waals surface area contributed by atoms with Gasteiger partial charge in [-0.1, -0.05) is 0 Å². The van der Waals surface area contributed by atoms with E-state index >= 15 is 0 Å². The average Bonchev–Trinajstić information content (AvgIpc) is 3.49. The maximum Gasteiger partial charge on any atom is 0.266 e. The summed E-state index contributed by atoms with van der Waals surface area (Å²) in [6.45, 7) is 1.67. The van der Waals surface area contributed by atoms with Gasteiger partial charge in [-0.2, -0.15) is 5.10 Å². The van der Waals surface area contributed by atoms with Gasteiger partial charge in [0.1, 0.15) is 5.82 Å². The highest BCUT2D eigenvalue weighted by molar-refractivity contribution is 7.89. The second kappa shape index (κ2) is 7.83. The minimum atomic E-state index is -3.99. The topological polar surface area (TPSA) is 84.3 Å². The number of nitrogens with zero attached hydrogens (tertiary/aromatic N) is 3. The maximum atomic E-state index is 13.4. The van der Waals surface area contributed by atoms with Gasteiger partial charge in [0.2, 0.25) is 10.0 Å². The van der Waals surface area contributed by atoms with Gasteiger partial charge >= 0.3 is 0 Å². The number of hydrogen-bond donors (Lipinski definition) is 1. The molecule has 1 unspecified atom stereocenters. The zero-order valence-corrected chi connectivity index (χ0v) is 16.5. The summed E-state index contributed by atoms with van der Waals surface area (Å²) in [5.41, 5.74) is -0.145. The summed E-state index contributed by atoms with van der Waals surface area (Å²) < 4.78 is 55.7. The zero-order chi connectivity index (χ0) is 20.6. The van der Waals surface area contributed by atoms with Gasteiger partial charge < -0.3 is 4.90 Å². The first-order valence-corrected chi connectivity index (χ1v) is 11.1. The van der Waals surface area contributed by atoms with Crippen LogP contribution in [-0.4, -0.2) is 37.3 Å². The molecule has 2 aliphatic rings. The Morgan fingerprint density at radius 1 is 1.10 bits per heavy atom. The molecule has 0 spiro atoms. The lowest BCUT2D eigenvalue weighted by Crippen LogP contribution is -2.48. The van der Waals surface area contributed by atoms with Crippen LogP contribution >= 0.6 is 0 Å². The van der Waals surface area contributed by atoms with Crippen molar-refractivity contribution in [1.82, 2.24) is 14.5 Å². The number of sulfonamides is 1. The van der Waals surface area contributed by atoms with Crippen molar-refractivity contribution < 1.29 is 17.2 Å². The first kappa shape index (κ1) is 20.0. The van der Waals surface area contributed by atoms with Crippen LogP contribution in [0.2, 0.25) is 0 Å². The Morgan fingerprint density at radius 2 is 1.90 bits per heavy atom. The van der Waals surface area contributed by atoms with Crippen molar-refractivity contribution in [1.29, 1.82) is 0 Å². The third-order valence-electron chi connectivity index (χ3n) is 5.25. The van der Waals surface area contributed by atoms with Crippen LogP contribution in [0.4, 0.5) is 14.6 Å². The highest BCUT2D eigenvalue weighted by atomic mass is 32.2. The van der Waals surface area contributed by atoms with E-state index in [1.54, 1.807) is 6.07 Å². The van der Waals surface area contributed by atoms with Crippen LogP contribution in [0.3, 0.4) is 0 Å². The van der Waals surface area contributed by atoms with Crippen LogP contribution in [0.1, 0.15) is 25.7 Å². The smallest absolute Gasteiger partial charge is 0.266 e. The molecule has 1 aromatic heterocycles. The molecular weight excluding hydrogens is 402 g/mol. The SMILES string of the molecule is O=c1ccc(N2CCCC(NS(=O)(=O)c3ccc(F)c(F)c3)C2)nn1CC1CC1. The highest BCUT2D eigenvalue weighted by Gasteiger charge is 2.27. The lowest BCUT2D eigenvalue weighted by molar-refractivity contribution is 0.456. The number of anilines is 1. The molecule has 2 heterocycles. The van der Waals surface area contributed by atoms with E-state index in [0.717, 1.165) is 31.4 Å². The number of rotatable bonds is 6. The standard InChI is InChI=1S/C19H22F2N4O3S/c20-16-6-5-15(10-17(16)21)29(27,28)23-14-2-1-9-24(12-14)18-7-8-19(26)25(22-18)11-13-3-4-13/h5-8,10,13-14,23H,1-4,9,11-12H2. The second-order valence-corrected chi connectivity index (χ2v) is 9.35. The number of aromatic nitrogens is 2. The average molecular weight is 424 g/mol. The second-order valence-electron chi connectivity index (χ2n) is 7.64. The summed E-state index contributed by atoms with van der Waals surface area (Å²) >= 11 is 0. The Bertz CT molecular complexity index is 1070. The van der Waals surface area contributed by atoms with Crippen LogP contribution in [0.5, 0.6) is 0 Å². The first-order chi connectivity index (χ1) is 13.8. The Labute approximate surface area is 167 Å². The molecule has 4 rings (SSSR count). The molecule has 1 aromatic carbocycles. The third kappa shape index (κ3) is 4.64. The molecule has 1 atom stereocenters. The summed E-state index contributed by atoms with van der Waals surface area (Å²) in [5.74, 6) is -1.17. The molecule has 1 saturated heterocycles. The van der Waals surface area contributed by atoms with Crippen LogP contribution in [0.25, 0.3) is 0 Å². The summed E-state index contributed by atoms with van der Waals surface area (Å²) in [6.07, 6.45) is 3.56. The fourth-order valence-electron chi connectivity index (χ4n) is 3.50. The molecule has 0 amide bonds. The van der Waals surface area contributed by atoms with Gasteiger partial charge in [-0.3, -0.25) is 4.79 Å². The molecule has 29 heavy (non-hydrogen) atoms. The third-order valence-corrected chi connectivity index (χ3v) is 6.77. The first-order valence-electron chi connectivity index (χ1n) is 9.62. The predicted octanol–water partition coefficient (Wildman–Crippen LogP) is 1.88. The van der Waals surface area contributed by atoms with Crippen molar-refractivity contribution in [2.24, 2.45) is 5.92 Å². The van der Waals surface area contributed by atoms with E-state index in [-0.39, 0.29) is 10.5 Å². The summed E-state index contributed by atoms with van der Waals surface area (Å²) in [4.78, 5) is 13.6. The fraction of sp³-hybridized carbons (Fsp3) is 0.474. The lowest BCUT2D eigenvalue weighted by atomic mass is 10.1. The summed E-state index contributed by atoms with van der Waals surface area (Å²) in [5, 5.41) is 4.45. The number of benzene rings is 1. The monoisotopic (exact) mass is 424 g/mol. The van der Waals surface area contributed by atoms with Gasteiger partial charge in [0.15, 0.2) is 11.6 Å². The van der Waals surface area contributed by atoms with Gasteiger partial charge in [-0.25, -0.2) is 26.6 Å². The lowest BCUT2D eigenvalue weighted by Gasteiger charge is -2.33. The van der Waals surface area contributed by atoms with Crippen LogP contribution in [0, 0.1) is 17.6 Å². The zero-order valence-electron chi connectivity index (χ0n) is 15.7. The molecule has 7 nitrogen and oxygen atoms in total. The van der Waals surface area contributed by atoms with Crippen molar-refractivity contribution in [2.45, 2.75) is 43.2 Å². The normalized spacial score (nSPS) is 20.1. The quantitative estimate of drug-likeness (QED) is 0.766. The van der Waals surface area contributed by atoms with Crippen LogP contribution < -0.4 is 15.2 Å². The number of hydrogen-bond acceptors (Lipinski definition) is 5. The molecule has 1 aliphatic carbocycles. The minimum absolute atomic E-state index is 0.145. The molecule has 0 bridgehead atoms. The van der Waals surface area contributed by atoms with Crippen molar-refractivity contribution in [2.75, 3.05) is 18.0 Å². The minimum Gasteiger partial charge on any atom is -0.354 e. The van der Waals surface area contributed by atoms with E-state index in [2.05, 4.69) is 9.82 Å². The van der Waals surface area contributed by atoms with E-state index < -0.39 is 27.7 Å². The Hall–Kier alpha value is -2.33. The van der Waals surface area contributed by atoms with E-state index in [1.807, 2.05) is 4.90 Å². The number of halogens is 2. The molecule has 2 aromatic rings. The largest absolute Gasteiger partial charge is 0.354 e. The molecular formula is C19H22F2N4O3S. The van der Waals surface area contributed by atoms with E-state index in [1.165, 1.54) is 10.7 Å². The van der Waals surface area contributed by atoms with E-state index in [9.17, 15) is 22.0 Å². The van der Waals surface area contributed by atoms with Crippen molar-refractivity contribution in [3.8, 4) is 0 Å². The predicted molar refractivity (Wildman–Crippen MR) is 103 cm³/mol. The number of nitrogens with one attached hydrogen (secondary N) is 1. The fourth-order valence-corrected chi connectivity index (χ4v) is 4.77. The van der Waals surface area contributed by atoms with Crippen LogP contribution in [0.15, 0.2) is 40.0 Å².